The topological polar surface area (TPSA) is 83.0 Å². The molecular formula is C19H23N5OS. The van der Waals surface area contributed by atoms with Crippen LogP contribution in [0.3, 0.4) is 0 Å². The van der Waals surface area contributed by atoms with E-state index in [0.717, 1.165) is 28.6 Å². The first-order valence-corrected chi connectivity index (χ1v) is 9.99. The lowest BCUT2D eigenvalue weighted by Crippen LogP contribution is -2.34. The van der Waals surface area contributed by atoms with Gasteiger partial charge in [0.15, 0.2) is 0 Å². The van der Waals surface area contributed by atoms with E-state index in [2.05, 4.69) is 25.6 Å². The summed E-state index contributed by atoms with van der Waals surface area (Å²) in [5.74, 6) is 0.527. The van der Waals surface area contributed by atoms with Crippen LogP contribution in [0.25, 0.3) is 10.2 Å². The Kier molecular flexibility index (Phi) is 5.38. The molecule has 1 aliphatic rings. The van der Waals surface area contributed by atoms with E-state index in [9.17, 15) is 5.11 Å². The van der Waals surface area contributed by atoms with Crippen molar-refractivity contribution in [3.8, 4) is 0 Å². The molecule has 0 saturated heterocycles. The van der Waals surface area contributed by atoms with Crippen molar-refractivity contribution in [2.24, 2.45) is 0 Å². The number of thiophene rings is 1. The van der Waals surface area contributed by atoms with Crippen molar-refractivity contribution in [3.05, 3.63) is 47.2 Å². The van der Waals surface area contributed by atoms with E-state index >= 15 is 0 Å². The minimum atomic E-state index is -0.777. The summed E-state index contributed by atoms with van der Waals surface area (Å²) in [5, 5.41) is 19.4. The lowest BCUT2D eigenvalue weighted by molar-refractivity contribution is 0.111. The van der Waals surface area contributed by atoms with Crippen LogP contribution in [0.15, 0.2) is 36.0 Å². The Labute approximate surface area is 156 Å². The first kappa shape index (κ1) is 17.3. The number of fused-ring (bicyclic) bond motifs is 1. The normalized spacial score (nSPS) is 16.7. The van der Waals surface area contributed by atoms with Crippen molar-refractivity contribution in [2.45, 2.75) is 50.9 Å². The first-order valence-electron chi connectivity index (χ1n) is 9.11. The highest BCUT2D eigenvalue weighted by molar-refractivity contribution is 7.17. The SMILES string of the molecule is OC(NC1CCCCC1)c1nc(NCc2cccnc2)nc2ccsc12. The van der Waals surface area contributed by atoms with Crippen molar-refractivity contribution < 1.29 is 5.11 Å². The van der Waals surface area contributed by atoms with Crippen LogP contribution in [0.5, 0.6) is 0 Å². The Morgan fingerprint density at radius 1 is 1.19 bits per heavy atom. The van der Waals surface area contributed by atoms with Crippen molar-refractivity contribution >= 4 is 27.5 Å². The molecule has 1 fully saturated rings. The summed E-state index contributed by atoms with van der Waals surface area (Å²) in [6.45, 7) is 0.592. The maximum atomic E-state index is 10.8. The van der Waals surface area contributed by atoms with Crippen LogP contribution in [0, 0.1) is 0 Å². The van der Waals surface area contributed by atoms with E-state index in [0.29, 0.717) is 24.2 Å². The summed E-state index contributed by atoms with van der Waals surface area (Å²) < 4.78 is 0.938. The van der Waals surface area contributed by atoms with Crippen molar-refractivity contribution in [1.29, 1.82) is 0 Å². The largest absolute Gasteiger partial charge is 0.373 e. The number of aliphatic hydroxyl groups excluding tert-OH is 1. The van der Waals surface area contributed by atoms with Gasteiger partial charge in [-0.05, 0) is 35.9 Å². The number of aliphatic hydroxyl groups is 1. The molecule has 0 amide bonds. The molecule has 1 atom stereocenters. The molecule has 26 heavy (non-hydrogen) atoms. The van der Waals surface area contributed by atoms with E-state index in [-0.39, 0.29) is 0 Å². The van der Waals surface area contributed by atoms with Gasteiger partial charge in [0.25, 0.3) is 0 Å². The summed E-state index contributed by atoms with van der Waals surface area (Å²) in [7, 11) is 0. The highest BCUT2D eigenvalue weighted by atomic mass is 32.1. The minimum Gasteiger partial charge on any atom is -0.373 e. The van der Waals surface area contributed by atoms with Gasteiger partial charge in [-0.3, -0.25) is 10.3 Å². The van der Waals surface area contributed by atoms with Gasteiger partial charge in [-0.15, -0.1) is 11.3 Å². The summed E-state index contributed by atoms with van der Waals surface area (Å²) in [5.41, 5.74) is 2.58. The zero-order chi connectivity index (χ0) is 17.8. The Morgan fingerprint density at radius 3 is 2.88 bits per heavy atom. The second-order valence-electron chi connectivity index (χ2n) is 6.69. The summed E-state index contributed by atoms with van der Waals surface area (Å²) >= 11 is 1.56. The molecule has 0 radical (unpaired) electrons. The Morgan fingerprint density at radius 2 is 2.08 bits per heavy atom. The molecule has 0 spiro atoms. The first-order chi connectivity index (χ1) is 12.8. The van der Waals surface area contributed by atoms with Crippen LogP contribution in [-0.4, -0.2) is 26.1 Å². The van der Waals surface area contributed by atoms with Gasteiger partial charge in [0, 0.05) is 25.0 Å². The molecule has 1 saturated carbocycles. The zero-order valence-corrected chi connectivity index (χ0v) is 15.4. The van der Waals surface area contributed by atoms with Crippen LogP contribution in [0.2, 0.25) is 0 Å². The van der Waals surface area contributed by atoms with Gasteiger partial charge in [-0.1, -0.05) is 25.3 Å². The number of rotatable bonds is 6. The predicted molar refractivity (Wildman–Crippen MR) is 104 cm³/mol. The standard InChI is InChI=1S/C19H23N5OS/c25-18(22-14-6-2-1-3-7-14)16-17-15(8-10-26-17)23-19(24-16)21-12-13-5-4-9-20-11-13/h4-5,8-11,14,18,22,25H,1-3,6-7,12H2,(H,21,23,24). The van der Waals surface area contributed by atoms with Gasteiger partial charge in [0.2, 0.25) is 5.95 Å². The van der Waals surface area contributed by atoms with Crippen LogP contribution >= 0.6 is 11.3 Å². The number of pyridine rings is 1. The molecule has 3 aromatic heterocycles. The van der Waals surface area contributed by atoms with Crippen molar-refractivity contribution in [3.63, 3.8) is 0 Å². The molecule has 0 bridgehead atoms. The van der Waals surface area contributed by atoms with E-state index in [1.807, 2.05) is 29.8 Å². The highest BCUT2D eigenvalue weighted by Crippen LogP contribution is 2.28. The van der Waals surface area contributed by atoms with Gasteiger partial charge in [-0.2, -0.15) is 0 Å². The fourth-order valence-corrected chi connectivity index (χ4v) is 4.25. The summed E-state index contributed by atoms with van der Waals surface area (Å²) in [6, 6.07) is 6.23. The molecule has 136 valence electrons. The van der Waals surface area contributed by atoms with Gasteiger partial charge in [-0.25, -0.2) is 9.97 Å². The van der Waals surface area contributed by atoms with Gasteiger partial charge in [0.1, 0.15) is 11.9 Å². The quantitative estimate of drug-likeness (QED) is 0.576. The fraction of sp³-hybridized carbons (Fsp3) is 0.421. The molecule has 4 rings (SSSR count). The Balaban J connectivity index is 1.53. The lowest BCUT2D eigenvalue weighted by Gasteiger charge is -2.26. The highest BCUT2D eigenvalue weighted by Gasteiger charge is 2.21. The van der Waals surface area contributed by atoms with Crippen molar-refractivity contribution in [1.82, 2.24) is 20.3 Å². The third-order valence-corrected chi connectivity index (χ3v) is 5.69. The van der Waals surface area contributed by atoms with Gasteiger partial charge >= 0.3 is 0 Å². The van der Waals surface area contributed by atoms with Crippen LogP contribution in [0.1, 0.15) is 49.6 Å². The fourth-order valence-electron chi connectivity index (χ4n) is 3.41. The summed E-state index contributed by atoms with van der Waals surface area (Å²) in [6.07, 6.45) is 8.75. The average Bonchev–Trinajstić information content (AvgIpc) is 3.16. The molecule has 0 aliphatic heterocycles. The third kappa shape index (κ3) is 4.00. The van der Waals surface area contributed by atoms with Crippen LogP contribution in [0.4, 0.5) is 5.95 Å². The molecule has 3 N–H and O–H groups in total. The van der Waals surface area contributed by atoms with Crippen LogP contribution < -0.4 is 10.6 Å². The molecule has 3 heterocycles. The molecule has 7 heteroatoms. The van der Waals surface area contributed by atoms with Crippen molar-refractivity contribution in [2.75, 3.05) is 5.32 Å². The third-order valence-electron chi connectivity index (χ3n) is 4.76. The minimum absolute atomic E-state index is 0.357. The van der Waals surface area contributed by atoms with E-state index in [1.165, 1.54) is 19.3 Å². The Hall–Kier alpha value is -2.09. The smallest absolute Gasteiger partial charge is 0.223 e. The number of nitrogens with zero attached hydrogens (tertiary/aromatic N) is 3. The molecule has 1 aliphatic carbocycles. The predicted octanol–water partition coefficient (Wildman–Crippen LogP) is 3.61. The van der Waals surface area contributed by atoms with Crippen LogP contribution in [-0.2, 0) is 6.54 Å². The van der Waals surface area contributed by atoms with E-state index < -0.39 is 6.23 Å². The maximum Gasteiger partial charge on any atom is 0.223 e. The van der Waals surface area contributed by atoms with Gasteiger partial charge < -0.3 is 10.4 Å². The zero-order valence-electron chi connectivity index (χ0n) is 14.6. The van der Waals surface area contributed by atoms with Gasteiger partial charge in [0.05, 0.1) is 10.2 Å². The van der Waals surface area contributed by atoms with E-state index in [4.69, 9.17) is 0 Å². The molecule has 1 unspecified atom stereocenters. The number of nitrogens with one attached hydrogen (secondary N) is 2. The average molecular weight is 369 g/mol. The summed E-state index contributed by atoms with van der Waals surface area (Å²) in [4.78, 5) is 13.3. The molecule has 6 nitrogen and oxygen atoms in total. The number of aromatic nitrogens is 3. The monoisotopic (exact) mass is 369 g/mol. The second kappa shape index (κ2) is 8.07. The Bertz CT molecular complexity index is 848. The second-order valence-corrected chi connectivity index (χ2v) is 7.60. The number of hydrogen-bond donors (Lipinski definition) is 3. The molecule has 3 aromatic rings. The molecular weight excluding hydrogens is 346 g/mol. The maximum absolute atomic E-state index is 10.8. The molecule has 0 aromatic carbocycles. The number of hydrogen-bond acceptors (Lipinski definition) is 7. The number of anilines is 1. The lowest BCUT2D eigenvalue weighted by atomic mass is 9.95. The van der Waals surface area contributed by atoms with E-state index in [1.54, 1.807) is 17.5 Å².